The third-order valence-corrected chi connectivity index (χ3v) is 2.22. The van der Waals surface area contributed by atoms with Gasteiger partial charge in [0, 0.05) is 6.04 Å². The lowest BCUT2D eigenvalue weighted by atomic mass is 10.0. The van der Waals surface area contributed by atoms with Crippen LogP contribution < -0.4 is 5.32 Å². The average Bonchev–Trinajstić information content (AvgIpc) is 2.35. The minimum Gasteiger partial charge on any atom is -0.468 e. The van der Waals surface area contributed by atoms with Gasteiger partial charge in [-0.25, -0.2) is 0 Å². The predicted molar refractivity (Wildman–Crippen MR) is 59.4 cm³/mol. The van der Waals surface area contributed by atoms with Crippen LogP contribution in [0.15, 0.2) is 30.3 Å². The molecule has 0 saturated carbocycles. The number of carbonyl (C=O) groups is 1. The van der Waals surface area contributed by atoms with Crippen molar-refractivity contribution in [3.05, 3.63) is 35.9 Å². The van der Waals surface area contributed by atoms with Crippen molar-refractivity contribution in [2.24, 2.45) is 0 Å². The quantitative estimate of drug-likeness (QED) is 0.759. The Bertz CT molecular complexity index is 370. The molecule has 16 heavy (non-hydrogen) atoms. The monoisotopic (exact) mass is 218 g/mol. The largest absolute Gasteiger partial charge is 0.468 e. The fourth-order valence-corrected chi connectivity index (χ4v) is 1.36. The molecule has 1 N–H and O–H groups in total. The Balaban J connectivity index is 2.62. The molecule has 1 atom stereocenters. The van der Waals surface area contributed by atoms with Crippen molar-refractivity contribution in [2.75, 3.05) is 13.7 Å². The van der Waals surface area contributed by atoms with Gasteiger partial charge in [0.05, 0.1) is 26.1 Å². The van der Waals surface area contributed by atoms with Crippen LogP contribution in [0.1, 0.15) is 18.0 Å². The van der Waals surface area contributed by atoms with E-state index in [1.54, 1.807) is 0 Å². The van der Waals surface area contributed by atoms with Gasteiger partial charge in [0.1, 0.15) is 0 Å². The van der Waals surface area contributed by atoms with Gasteiger partial charge >= 0.3 is 5.97 Å². The lowest BCUT2D eigenvalue weighted by Crippen LogP contribution is -2.28. The summed E-state index contributed by atoms with van der Waals surface area (Å²) in [5, 5.41) is 11.7. The highest BCUT2D eigenvalue weighted by molar-refractivity contribution is 5.71. The number of ether oxygens (including phenoxy) is 1. The summed E-state index contributed by atoms with van der Waals surface area (Å²) in [4.78, 5) is 11.0. The molecule has 84 valence electrons. The molecule has 0 heterocycles. The first kappa shape index (κ1) is 12.2. The predicted octanol–water partition coefficient (Wildman–Crippen LogP) is 1.40. The number of hydrogen-bond acceptors (Lipinski definition) is 4. The Kier molecular flexibility index (Phi) is 5.03. The Morgan fingerprint density at radius 2 is 2.19 bits per heavy atom. The van der Waals surface area contributed by atoms with Crippen molar-refractivity contribution >= 4 is 5.97 Å². The Morgan fingerprint density at radius 3 is 2.75 bits per heavy atom. The number of nitriles is 1. The first-order chi connectivity index (χ1) is 7.77. The molecule has 0 aromatic heterocycles. The van der Waals surface area contributed by atoms with E-state index in [4.69, 9.17) is 5.26 Å². The molecule has 0 aliphatic carbocycles. The first-order valence-corrected chi connectivity index (χ1v) is 5.00. The highest BCUT2D eigenvalue weighted by Crippen LogP contribution is 2.15. The van der Waals surface area contributed by atoms with Crippen LogP contribution in [-0.2, 0) is 9.53 Å². The Labute approximate surface area is 94.8 Å². The zero-order valence-corrected chi connectivity index (χ0v) is 9.14. The molecular formula is C12H14N2O2. The van der Waals surface area contributed by atoms with Crippen molar-refractivity contribution in [1.82, 2.24) is 5.32 Å². The fraction of sp³-hybridized carbons (Fsp3) is 0.333. The number of hydrogen-bond donors (Lipinski definition) is 1. The fourth-order valence-electron chi connectivity index (χ4n) is 1.36. The number of nitrogens with zero attached hydrogens (tertiary/aromatic N) is 1. The van der Waals surface area contributed by atoms with E-state index >= 15 is 0 Å². The first-order valence-electron chi connectivity index (χ1n) is 5.00. The molecule has 0 aliphatic rings. The average molecular weight is 218 g/mol. The number of carbonyl (C=O) groups excluding carboxylic acids is 1. The molecule has 0 amide bonds. The Hall–Kier alpha value is -1.86. The summed E-state index contributed by atoms with van der Waals surface area (Å²) >= 11 is 0. The second-order valence-electron chi connectivity index (χ2n) is 3.28. The minimum atomic E-state index is -0.334. The summed E-state index contributed by atoms with van der Waals surface area (Å²) in [5.74, 6) is -0.334. The normalized spacial score (nSPS) is 11.5. The topological polar surface area (TPSA) is 62.1 Å². The van der Waals surface area contributed by atoms with E-state index in [-0.39, 0.29) is 18.6 Å². The molecule has 0 radical (unpaired) electrons. The molecule has 0 fully saturated rings. The summed E-state index contributed by atoms with van der Waals surface area (Å²) in [6.45, 7) is 0.109. The van der Waals surface area contributed by atoms with E-state index in [9.17, 15) is 4.79 Å². The third-order valence-electron chi connectivity index (χ3n) is 2.22. The van der Waals surface area contributed by atoms with Gasteiger partial charge in [-0.2, -0.15) is 5.26 Å². The molecule has 0 aliphatic heterocycles. The van der Waals surface area contributed by atoms with Crippen LogP contribution in [-0.4, -0.2) is 19.6 Å². The van der Waals surface area contributed by atoms with Crippen molar-refractivity contribution < 1.29 is 9.53 Å². The molecule has 1 aromatic rings. The van der Waals surface area contributed by atoms with E-state index in [1.165, 1.54) is 7.11 Å². The molecule has 0 spiro atoms. The van der Waals surface area contributed by atoms with E-state index in [0.29, 0.717) is 6.42 Å². The van der Waals surface area contributed by atoms with E-state index in [1.807, 2.05) is 30.3 Å². The molecule has 4 nitrogen and oxygen atoms in total. The van der Waals surface area contributed by atoms with Crippen LogP contribution in [0.4, 0.5) is 0 Å². The highest BCUT2D eigenvalue weighted by atomic mass is 16.5. The SMILES string of the molecule is COC(=O)CNC(CC#N)c1ccccc1. The molecule has 0 saturated heterocycles. The second kappa shape index (κ2) is 6.59. The second-order valence-corrected chi connectivity index (χ2v) is 3.28. The summed E-state index contributed by atoms with van der Waals surface area (Å²) in [5.41, 5.74) is 0.993. The van der Waals surface area contributed by atoms with Gasteiger partial charge in [-0.05, 0) is 5.56 Å². The van der Waals surface area contributed by atoms with Gasteiger partial charge in [0.15, 0.2) is 0 Å². The number of nitrogens with one attached hydrogen (secondary N) is 1. The van der Waals surface area contributed by atoms with Crippen molar-refractivity contribution in [2.45, 2.75) is 12.5 Å². The van der Waals surface area contributed by atoms with E-state index in [0.717, 1.165) is 5.56 Å². The maximum absolute atomic E-state index is 11.0. The molecule has 1 unspecified atom stereocenters. The van der Waals surface area contributed by atoms with Gasteiger partial charge in [-0.3, -0.25) is 10.1 Å². The smallest absolute Gasteiger partial charge is 0.319 e. The highest BCUT2D eigenvalue weighted by Gasteiger charge is 2.11. The van der Waals surface area contributed by atoms with Crippen LogP contribution in [0.2, 0.25) is 0 Å². The van der Waals surface area contributed by atoms with E-state index in [2.05, 4.69) is 16.1 Å². The van der Waals surface area contributed by atoms with Crippen LogP contribution in [0.5, 0.6) is 0 Å². The zero-order chi connectivity index (χ0) is 11.8. The van der Waals surface area contributed by atoms with Crippen molar-refractivity contribution in [3.63, 3.8) is 0 Å². The van der Waals surface area contributed by atoms with Crippen molar-refractivity contribution in [1.29, 1.82) is 5.26 Å². The van der Waals surface area contributed by atoms with Crippen LogP contribution >= 0.6 is 0 Å². The van der Waals surface area contributed by atoms with Crippen LogP contribution in [0.25, 0.3) is 0 Å². The van der Waals surface area contributed by atoms with Crippen LogP contribution in [0.3, 0.4) is 0 Å². The molecule has 1 rings (SSSR count). The molecular weight excluding hydrogens is 204 g/mol. The van der Waals surface area contributed by atoms with Gasteiger partial charge in [-0.1, -0.05) is 30.3 Å². The standard InChI is InChI=1S/C12H14N2O2/c1-16-12(15)9-14-11(7-8-13)10-5-3-2-4-6-10/h2-6,11,14H,7,9H2,1H3. The Morgan fingerprint density at radius 1 is 1.50 bits per heavy atom. The zero-order valence-electron chi connectivity index (χ0n) is 9.14. The van der Waals surface area contributed by atoms with Gasteiger partial charge in [-0.15, -0.1) is 0 Å². The number of benzene rings is 1. The summed E-state index contributed by atoms with van der Waals surface area (Å²) in [7, 11) is 1.34. The molecule has 0 bridgehead atoms. The minimum absolute atomic E-state index is 0.109. The van der Waals surface area contributed by atoms with E-state index < -0.39 is 0 Å². The third kappa shape index (κ3) is 3.71. The maximum Gasteiger partial charge on any atom is 0.319 e. The lowest BCUT2D eigenvalue weighted by molar-refractivity contribution is -0.139. The van der Waals surface area contributed by atoms with Crippen molar-refractivity contribution in [3.8, 4) is 6.07 Å². The number of methoxy groups -OCH3 is 1. The van der Waals surface area contributed by atoms with Gasteiger partial charge in [0.2, 0.25) is 0 Å². The summed E-state index contributed by atoms with van der Waals surface area (Å²) < 4.78 is 4.53. The molecule has 4 heteroatoms. The maximum atomic E-state index is 11.0. The number of rotatable bonds is 5. The number of esters is 1. The summed E-state index contributed by atoms with van der Waals surface area (Å²) in [6.07, 6.45) is 0.320. The van der Waals surface area contributed by atoms with Gasteiger partial charge in [0.25, 0.3) is 0 Å². The lowest BCUT2D eigenvalue weighted by Gasteiger charge is -2.15. The van der Waals surface area contributed by atoms with Gasteiger partial charge < -0.3 is 4.74 Å². The summed E-state index contributed by atoms with van der Waals surface area (Å²) in [6, 6.07) is 11.5. The van der Waals surface area contributed by atoms with Crippen LogP contribution in [0, 0.1) is 11.3 Å². The molecule has 1 aromatic carbocycles.